The average molecular weight is 416 g/mol. The molecular weight excluding hydrogens is 397 g/mol. The van der Waals surface area contributed by atoms with Gasteiger partial charge in [0.2, 0.25) is 11.0 Å². The van der Waals surface area contributed by atoms with Crippen LogP contribution in [0.2, 0.25) is 0 Å². The Morgan fingerprint density at radius 2 is 1.85 bits per heavy atom. The number of para-hydroxylation sites is 1. The summed E-state index contributed by atoms with van der Waals surface area (Å²) < 4.78 is 39.7. The molecule has 1 N–H and O–H groups in total. The van der Waals surface area contributed by atoms with E-state index in [4.69, 9.17) is 0 Å². The first-order chi connectivity index (χ1) is 12.9. The minimum absolute atomic E-state index is 0.0639. The Hall–Kier alpha value is -1.81. The zero-order valence-corrected chi connectivity index (χ0v) is 16.1. The van der Waals surface area contributed by atoms with Crippen molar-refractivity contribution in [3.05, 3.63) is 29.8 Å². The smallest absolute Gasteiger partial charge is 0.342 e. The molecule has 1 aliphatic heterocycles. The van der Waals surface area contributed by atoms with Gasteiger partial charge in [0.25, 0.3) is 0 Å². The summed E-state index contributed by atoms with van der Waals surface area (Å²) in [5.41, 5.74) is -0.830. The number of halogens is 3. The van der Waals surface area contributed by atoms with E-state index in [1.54, 1.807) is 0 Å². The molecule has 0 bridgehead atoms. The molecule has 0 saturated carbocycles. The standard InChI is InChI=1S/C17H19F3N4OS2/c18-17(19,20)12-7-3-4-8-13(12)21-15-22-23-16(27-15)26-11-14(25)24-9-5-1-2-6-10-24/h3-4,7-8H,1-2,5-6,9-11H2,(H,21,22). The maximum absolute atomic E-state index is 13.1. The normalized spacial score (nSPS) is 15.4. The van der Waals surface area contributed by atoms with E-state index >= 15 is 0 Å². The fraction of sp³-hybridized carbons (Fsp3) is 0.471. The number of carbonyl (C=O) groups excluding carboxylic acids is 1. The number of anilines is 2. The number of hydrogen-bond donors (Lipinski definition) is 1. The van der Waals surface area contributed by atoms with Crippen LogP contribution >= 0.6 is 23.1 Å². The number of amides is 1. The van der Waals surface area contributed by atoms with Gasteiger partial charge >= 0.3 is 6.18 Å². The van der Waals surface area contributed by atoms with Gasteiger partial charge in [-0.15, -0.1) is 10.2 Å². The number of hydrogen-bond acceptors (Lipinski definition) is 6. The molecule has 1 aliphatic rings. The Labute approximate surface area is 163 Å². The van der Waals surface area contributed by atoms with E-state index in [0.717, 1.165) is 56.2 Å². The zero-order valence-electron chi connectivity index (χ0n) is 14.5. The SMILES string of the molecule is O=C(CSc1nnc(Nc2ccccc2C(F)(F)F)s1)N1CCCCCC1. The Balaban J connectivity index is 1.58. The summed E-state index contributed by atoms with van der Waals surface area (Å²) in [6.07, 6.45) is -0.0846. The van der Waals surface area contributed by atoms with Crippen LogP contribution in [0.25, 0.3) is 0 Å². The third-order valence-corrected chi connectivity index (χ3v) is 6.12. The van der Waals surface area contributed by atoms with Crippen LogP contribution in [0.3, 0.4) is 0 Å². The number of benzene rings is 1. The van der Waals surface area contributed by atoms with E-state index in [2.05, 4.69) is 15.5 Å². The molecule has 27 heavy (non-hydrogen) atoms. The van der Waals surface area contributed by atoms with Gasteiger partial charge in [-0.2, -0.15) is 13.2 Å². The molecule has 10 heteroatoms. The number of nitrogens with one attached hydrogen (secondary N) is 1. The second-order valence-electron chi connectivity index (χ2n) is 6.13. The second kappa shape index (κ2) is 8.92. The van der Waals surface area contributed by atoms with Crippen molar-refractivity contribution in [2.75, 3.05) is 24.2 Å². The summed E-state index contributed by atoms with van der Waals surface area (Å²) in [7, 11) is 0. The van der Waals surface area contributed by atoms with E-state index in [-0.39, 0.29) is 22.5 Å². The molecule has 146 valence electrons. The van der Waals surface area contributed by atoms with Gasteiger partial charge in [-0.3, -0.25) is 4.79 Å². The molecule has 0 aliphatic carbocycles. The van der Waals surface area contributed by atoms with Crippen molar-refractivity contribution >= 4 is 39.8 Å². The lowest BCUT2D eigenvalue weighted by Gasteiger charge is -2.19. The molecule has 2 aromatic rings. The molecule has 3 rings (SSSR count). The molecule has 1 saturated heterocycles. The van der Waals surface area contributed by atoms with Gasteiger partial charge in [-0.25, -0.2) is 0 Å². The fourth-order valence-electron chi connectivity index (χ4n) is 2.81. The van der Waals surface area contributed by atoms with Crippen molar-refractivity contribution in [2.24, 2.45) is 0 Å². The summed E-state index contributed by atoms with van der Waals surface area (Å²) in [5, 5.41) is 10.8. The van der Waals surface area contributed by atoms with Crippen LogP contribution in [-0.4, -0.2) is 39.8 Å². The van der Waals surface area contributed by atoms with Crippen LogP contribution in [0, 0.1) is 0 Å². The molecule has 1 amide bonds. The maximum atomic E-state index is 13.1. The first kappa shape index (κ1) is 19.9. The highest BCUT2D eigenvalue weighted by atomic mass is 32.2. The Kier molecular flexibility index (Phi) is 6.59. The largest absolute Gasteiger partial charge is 0.418 e. The highest BCUT2D eigenvalue weighted by Crippen LogP contribution is 2.37. The van der Waals surface area contributed by atoms with Crippen LogP contribution in [0.5, 0.6) is 0 Å². The molecule has 2 heterocycles. The van der Waals surface area contributed by atoms with Gasteiger partial charge in [0.1, 0.15) is 0 Å². The molecule has 0 atom stereocenters. The molecule has 0 radical (unpaired) electrons. The van der Waals surface area contributed by atoms with Gasteiger partial charge in [0, 0.05) is 13.1 Å². The van der Waals surface area contributed by atoms with Crippen LogP contribution in [-0.2, 0) is 11.0 Å². The Morgan fingerprint density at radius 1 is 1.15 bits per heavy atom. The van der Waals surface area contributed by atoms with E-state index < -0.39 is 11.7 Å². The zero-order chi connectivity index (χ0) is 19.3. The minimum Gasteiger partial charge on any atom is -0.342 e. The first-order valence-corrected chi connectivity index (χ1v) is 10.4. The van der Waals surface area contributed by atoms with Crippen LogP contribution in [0.4, 0.5) is 24.0 Å². The van der Waals surface area contributed by atoms with Crippen LogP contribution < -0.4 is 5.32 Å². The molecular formula is C17H19F3N4OS2. The van der Waals surface area contributed by atoms with Crippen molar-refractivity contribution < 1.29 is 18.0 Å². The summed E-state index contributed by atoms with van der Waals surface area (Å²) in [5.74, 6) is 0.322. The lowest BCUT2D eigenvalue weighted by atomic mass is 10.2. The average Bonchev–Trinajstić information content (AvgIpc) is 2.90. The molecule has 0 unspecified atom stereocenters. The van der Waals surface area contributed by atoms with Crippen LogP contribution in [0.1, 0.15) is 31.2 Å². The Bertz CT molecular complexity index is 774. The van der Waals surface area contributed by atoms with E-state index in [1.807, 2.05) is 4.90 Å². The fourth-order valence-corrected chi connectivity index (χ4v) is 4.48. The summed E-state index contributed by atoms with van der Waals surface area (Å²) in [4.78, 5) is 14.2. The number of nitrogens with zero attached hydrogens (tertiary/aromatic N) is 3. The van der Waals surface area contributed by atoms with E-state index in [9.17, 15) is 18.0 Å². The molecule has 1 aromatic heterocycles. The van der Waals surface area contributed by atoms with Crippen molar-refractivity contribution in [1.29, 1.82) is 0 Å². The molecule has 1 aromatic carbocycles. The number of likely N-dealkylation sites (tertiary alicyclic amines) is 1. The number of thioether (sulfide) groups is 1. The predicted molar refractivity (Wildman–Crippen MR) is 100 cm³/mol. The summed E-state index contributed by atoms with van der Waals surface area (Å²) in [6, 6.07) is 5.22. The summed E-state index contributed by atoms with van der Waals surface area (Å²) >= 11 is 2.39. The Morgan fingerprint density at radius 3 is 2.56 bits per heavy atom. The van der Waals surface area contributed by atoms with Gasteiger partial charge in [-0.1, -0.05) is 48.1 Å². The van der Waals surface area contributed by atoms with Crippen molar-refractivity contribution in [3.8, 4) is 0 Å². The number of carbonyl (C=O) groups is 1. The number of alkyl halides is 3. The lowest BCUT2D eigenvalue weighted by molar-refractivity contribution is -0.137. The second-order valence-corrected chi connectivity index (χ2v) is 8.33. The number of rotatable bonds is 5. The predicted octanol–water partition coefficient (Wildman–Crippen LogP) is 4.80. The third-order valence-electron chi connectivity index (χ3n) is 4.16. The first-order valence-electron chi connectivity index (χ1n) is 8.61. The van der Waals surface area contributed by atoms with Crippen molar-refractivity contribution in [2.45, 2.75) is 36.2 Å². The van der Waals surface area contributed by atoms with E-state index in [1.165, 1.54) is 30.0 Å². The molecule has 1 fully saturated rings. The van der Waals surface area contributed by atoms with Gasteiger partial charge in [0.05, 0.1) is 17.0 Å². The monoisotopic (exact) mass is 416 g/mol. The highest BCUT2D eigenvalue weighted by molar-refractivity contribution is 8.01. The molecule has 5 nitrogen and oxygen atoms in total. The van der Waals surface area contributed by atoms with Gasteiger partial charge < -0.3 is 10.2 Å². The van der Waals surface area contributed by atoms with Crippen LogP contribution in [0.15, 0.2) is 28.6 Å². The maximum Gasteiger partial charge on any atom is 0.418 e. The summed E-state index contributed by atoms with van der Waals surface area (Å²) in [6.45, 7) is 1.58. The lowest BCUT2D eigenvalue weighted by Crippen LogP contribution is -2.33. The third kappa shape index (κ3) is 5.58. The van der Waals surface area contributed by atoms with Gasteiger partial charge in [-0.05, 0) is 25.0 Å². The highest BCUT2D eigenvalue weighted by Gasteiger charge is 2.33. The van der Waals surface area contributed by atoms with Gasteiger partial charge in [0.15, 0.2) is 4.34 Å². The number of aromatic nitrogens is 2. The quantitative estimate of drug-likeness (QED) is 0.710. The van der Waals surface area contributed by atoms with E-state index in [0.29, 0.717) is 4.34 Å². The van der Waals surface area contributed by atoms with Crippen molar-refractivity contribution in [3.63, 3.8) is 0 Å². The minimum atomic E-state index is -4.45. The topological polar surface area (TPSA) is 58.1 Å². The van der Waals surface area contributed by atoms with Crippen molar-refractivity contribution in [1.82, 2.24) is 15.1 Å². The molecule has 0 spiro atoms.